The lowest BCUT2D eigenvalue weighted by atomic mass is 9.81. The number of nitrogens with zero attached hydrogens (tertiary/aromatic N) is 1. The molecule has 10 rings (SSSR count). The number of furan rings is 1. The molecule has 0 radical (unpaired) electrons. The van der Waals surface area contributed by atoms with Crippen LogP contribution in [0.2, 0.25) is 0 Å². The van der Waals surface area contributed by atoms with Crippen molar-refractivity contribution in [2.45, 2.75) is 44.9 Å². The van der Waals surface area contributed by atoms with Gasteiger partial charge >= 0.3 is 0 Å². The van der Waals surface area contributed by atoms with Gasteiger partial charge in [0.1, 0.15) is 11.2 Å². The summed E-state index contributed by atoms with van der Waals surface area (Å²) in [5, 5.41) is 2.40. The number of aryl methyl sites for hydroxylation is 1. The Kier molecular flexibility index (Phi) is 10.8. The summed E-state index contributed by atoms with van der Waals surface area (Å²) in [4.78, 5) is 2.49. The highest BCUT2D eigenvalue weighted by Crippen LogP contribution is 2.58. The highest BCUT2D eigenvalue weighted by Gasteiger charge is 2.43. The predicted octanol–water partition coefficient (Wildman–Crippen LogP) is 12.7. The molecule has 4 nitrogen and oxygen atoms in total. The molecule has 1 atom stereocenters. The van der Waals surface area contributed by atoms with Crippen molar-refractivity contribution in [3.05, 3.63) is 216 Å². The van der Waals surface area contributed by atoms with Gasteiger partial charge in [-0.2, -0.15) is 0 Å². The average molecular weight is 720 g/mol. The molecule has 0 saturated heterocycles. The zero-order valence-corrected chi connectivity index (χ0v) is 32.0. The lowest BCUT2D eigenvalue weighted by Crippen LogP contribution is -2.17. The summed E-state index contributed by atoms with van der Waals surface area (Å²) in [5.41, 5.74) is 16.6. The normalized spacial score (nSPS) is 15.1. The monoisotopic (exact) mass is 719 g/mol. The maximum atomic E-state index is 6.52. The third-order valence-corrected chi connectivity index (χ3v) is 10.9. The van der Waals surface area contributed by atoms with E-state index in [0.717, 1.165) is 24.0 Å². The Labute approximate surface area is 325 Å². The Morgan fingerprint density at radius 2 is 1.38 bits per heavy atom. The molecule has 1 aliphatic heterocycles. The summed E-state index contributed by atoms with van der Waals surface area (Å²) in [6.07, 6.45) is 12.2. The average Bonchev–Trinajstić information content (AvgIpc) is 3.84. The third-order valence-electron chi connectivity index (χ3n) is 10.9. The molecule has 1 aromatic heterocycles. The van der Waals surface area contributed by atoms with Crippen LogP contribution in [0.1, 0.15) is 59.6 Å². The molecule has 1 unspecified atom stereocenters. The first-order valence-electron chi connectivity index (χ1n) is 18.9. The van der Waals surface area contributed by atoms with E-state index in [1.165, 1.54) is 72.4 Å². The summed E-state index contributed by atoms with van der Waals surface area (Å²) < 4.78 is 6.52. The molecule has 0 saturated carbocycles. The van der Waals surface area contributed by atoms with Crippen molar-refractivity contribution in [1.82, 2.24) is 0 Å². The second-order valence-corrected chi connectivity index (χ2v) is 14.6. The lowest BCUT2D eigenvalue weighted by Gasteiger charge is -2.26. The van der Waals surface area contributed by atoms with Gasteiger partial charge in [-0.1, -0.05) is 154 Å². The van der Waals surface area contributed by atoms with E-state index in [4.69, 9.17) is 4.42 Å². The number of hydrazine groups is 1. The fraction of sp³-hybridized carbons (Fsp3) is 0.137. The first-order chi connectivity index (χ1) is 26.9. The SMILES string of the molecule is C=CC=C.Cc1ccc(N2C3=CC=CCC3c3cc4c(cc32)C(C)(C)c2c-4ccc3c2oc2ccccc23)cc1.NN.c1ccc(Cc2ccccc2)cc1. The van der Waals surface area contributed by atoms with Crippen LogP contribution in [-0.4, -0.2) is 0 Å². The van der Waals surface area contributed by atoms with Crippen LogP contribution in [0.3, 0.4) is 0 Å². The molecular weight excluding hydrogens is 671 g/mol. The largest absolute Gasteiger partial charge is 0.456 e. The van der Waals surface area contributed by atoms with Crippen molar-refractivity contribution in [3.8, 4) is 11.1 Å². The van der Waals surface area contributed by atoms with Crippen LogP contribution in [0, 0.1) is 6.92 Å². The Morgan fingerprint density at radius 1 is 0.745 bits per heavy atom. The summed E-state index contributed by atoms with van der Waals surface area (Å²) in [5.74, 6) is 8.39. The third kappa shape index (κ3) is 6.99. The van der Waals surface area contributed by atoms with E-state index >= 15 is 0 Å². The number of para-hydroxylation sites is 1. The highest BCUT2D eigenvalue weighted by atomic mass is 16.3. The molecule has 6 aromatic carbocycles. The van der Waals surface area contributed by atoms with Gasteiger partial charge in [0.15, 0.2) is 0 Å². The van der Waals surface area contributed by atoms with E-state index in [9.17, 15) is 0 Å². The summed E-state index contributed by atoms with van der Waals surface area (Å²) in [6, 6.07) is 47.9. The number of hydrogen-bond acceptors (Lipinski definition) is 4. The molecule has 2 heterocycles. The quantitative estimate of drug-likeness (QED) is 0.108. The highest BCUT2D eigenvalue weighted by molar-refractivity contribution is 6.09. The van der Waals surface area contributed by atoms with Crippen molar-refractivity contribution < 1.29 is 4.42 Å². The van der Waals surface area contributed by atoms with Crippen LogP contribution in [0.25, 0.3) is 33.1 Å². The van der Waals surface area contributed by atoms with Gasteiger partial charge in [-0.15, -0.1) is 0 Å². The van der Waals surface area contributed by atoms with Gasteiger partial charge in [-0.05, 0) is 95.6 Å². The van der Waals surface area contributed by atoms with Crippen molar-refractivity contribution in [3.63, 3.8) is 0 Å². The molecule has 55 heavy (non-hydrogen) atoms. The fourth-order valence-corrected chi connectivity index (χ4v) is 8.27. The van der Waals surface area contributed by atoms with Gasteiger partial charge < -0.3 is 9.32 Å². The molecule has 2 aliphatic carbocycles. The number of rotatable bonds is 4. The zero-order chi connectivity index (χ0) is 38.5. The Hall–Kier alpha value is -6.20. The standard InChI is InChI=1S/C34H27NO.C13H12.C4H6.H4N2/c1-20-12-14-21(15-13-20)35-29-10-6-4-8-22(29)27-18-26-24-16-17-25-23-9-5-7-11-31(23)36-33(25)32(24)34(2,3)28(26)19-30(27)35;1-3-7-12(8-4-1)11-13-9-5-2-6-10-13;1-3-4-2;1-2/h4-7,9-19,22H,8H2,1-3H3;1-10H,11H2;3-4H,1-2H2;1-2H2. The molecule has 0 spiro atoms. The smallest absolute Gasteiger partial charge is 0.140 e. The maximum absolute atomic E-state index is 6.52. The second kappa shape index (κ2) is 16.0. The summed E-state index contributed by atoms with van der Waals surface area (Å²) in [7, 11) is 0. The fourth-order valence-electron chi connectivity index (χ4n) is 8.27. The first-order valence-corrected chi connectivity index (χ1v) is 18.9. The number of hydrogen-bond donors (Lipinski definition) is 2. The minimum atomic E-state index is -0.160. The van der Waals surface area contributed by atoms with Crippen LogP contribution >= 0.6 is 0 Å². The topological polar surface area (TPSA) is 68.4 Å². The van der Waals surface area contributed by atoms with Crippen LogP contribution in [-0.2, 0) is 11.8 Å². The van der Waals surface area contributed by atoms with Gasteiger partial charge in [0.05, 0.1) is 5.69 Å². The number of fused-ring (bicyclic) bond motifs is 10. The molecule has 0 amide bonds. The van der Waals surface area contributed by atoms with Crippen molar-refractivity contribution in [2.75, 3.05) is 4.90 Å². The van der Waals surface area contributed by atoms with E-state index in [1.54, 1.807) is 12.2 Å². The molecule has 0 bridgehead atoms. The lowest BCUT2D eigenvalue weighted by molar-refractivity contribution is 0.620. The molecule has 4 heteroatoms. The first kappa shape index (κ1) is 37.1. The molecular formula is C51H49N3O. The number of nitrogens with two attached hydrogens (primary N) is 2. The Morgan fingerprint density at radius 3 is 2.04 bits per heavy atom. The van der Waals surface area contributed by atoms with E-state index in [0.29, 0.717) is 5.92 Å². The van der Waals surface area contributed by atoms with Gasteiger partial charge in [-0.3, -0.25) is 11.7 Å². The molecule has 0 fully saturated rings. The summed E-state index contributed by atoms with van der Waals surface area (Å²) in [6.45, 7) is 13.6. The van der Waals surface area contributed by atoms with E-state index in [1.807, 2.05) is 0 Å². The molecule has 3 aliphatic rings. The Bertz CT molecular complexity index is 2480. The maximum Gasteiger partial charge on any atom is 0.140 e. The minimum absolute atomic E-state index is 0.160. The van der Waals surface area contributed by atoms with Gasteiger partial charge in [0.2, 0.25) is 0 Å². The number of benzene rings is 6. The van der Waals surface area contributed by atoms with Crippen LogP contribution < -0.4 is 16.6 Å². The van der Waals surface area contributed by atoms with Crippen molar-refractivity contribution in [1.29, 1.82) is 0 Å². The molecule has 7 aromatic rings. The van der Waals surface area contributed by atoms with Crippen molar-refractivity contribution >= 4 is 33.3 Å². The van der Waals surface area contributed by atoms with Gasteiger partial charge in [-0.25, -0.2) is 0 Å². The van der Waals surface area contributed by atoms with Crippen LogP contribution in [0.15, 0.2) is 187 Å². The Balaban J connectivity index is 0.000000204. The van der Waals surface area contributed by atoms with Crippen molar-refractivity contribution in [2.24, 2.45) is 11.7 Å². The van der Waals surface area contributed by atoms with E-state index in [-0.39, 0.29) is 5.41 Å². The number of allylic oxidation sites excluding steroid dienone is 6. The minimum Gasteiger partial charge on any atom is -0.456 e. The van der Waals surface area contributed by atoms with Crippen LogP contribution in [0.4, 0.5) is 11.4 Å². The molecule has 4 N–H and O–H groups in total. The zero-order valence-electron chi connectivity index (χ0n) is 32.0. The second-order valence-electron chi connectivity index (χ2n) is 14.6. The number of anilines is 2. The van der Waals surface area contributed by atoms with Gasteiger partial charge in [0, 0.05) is 39.1 Å². The predicted molar refractivity (Wildman–Crippen MR) is 234 cm³/mol. The van der Waals surface area contributed by atoms with E-state index in [2.05, 4.69) is 202 Å². The van der Waals surface area contributed by atoms with E-state index < -0.39 is 0 Å². The summed E-state index contributed by atoms with van der Waals surface area (Å²) >= 11 is 0. The van der Waals surface area contributed by atoms with Gasteiger partial charge in [0.25, 0.3) is 0 Å². The van der Waals surface area contributed by atoms with Crippen LogP contribution in [0.5, 0.6) is 0 Å². The molecule has 274 valence electrons.